The van der Waals surface area contributed by atoms with Crippen LogP contribution in [0.1, 0.15) is 12.5 Å². The molecule has 102 valence electrons. The van der Waals surface area contributed by atoms with Crippen LogP contribution in [0.25, 0.3) is 0 Å². The maximum Gasteiger partial charge on any atom is 0.220 e. The summed E-state index contributed by atoms with van der Waals surface area (Å²) in [6.45, 7) is 1.88. The van der Waals surface area contributed by atoms with Gasteiger partial charge in [0.15, 0.2) is 5.82 Å². The Morgan fingerprint density at radius 3 is 2.42 bits per heavy atom. The Balaban J connectivity index is 2.31. The summed E-state index contributed by atoms with van der Waals surface area (Å²) in [5.74, 6) is -0.00345. The van der Waals surface area contributed by atoms with Crippen LogP contribution in [0.4, 0.5) is 11.5 Å². The molecule has 7 nitrogen and oxygen atoms in total. The minimum atomic E-state index is -3.45. The highest BCUT2D eigenvalue weighted by Gasteiger charge is 2.22. The van der Waals surface area contributed by atoms with E-state index in [1.807, 2.05) is 12.1 Å². The maximum atomic E-state index is 11.7. The number of nitrogens with zero attached hydrogens (tertiary/aromatic N) is 3. The van der Waals surface area contributed by atoms with Gasteiger partial charge in [0, 0.05) is 5.69 Å². The topological polar surface area (TPSA) is 117 Å². The quantitative estimate of drug-likeness (QED) is 0.778. The lowest BCUT2D eigenvalue weighted by molar-refractivity contribution is 0.593. The number of sulfone groups is 1. The maximum absolute atomic E-state index is 11.7. The summed E-state index contributed by atoms with van der Waals surface area (Å²) in [4.78, 5) is 0. The van der Waals surface area contributed by atoms with Crippen LogP contribution in [0, 0.1) is 0 Å². The van der Waals surface area contributed by atoms with Crippen LogP contribution in [0.2, 0.25) is 0 Å². The van der Waals surface area contributed by atoms with Crippen molar-refractivity contribution in [3.63, 3.8) is 0 Å². The van der Waals surface area contributed by atoms with Crippen molar-refractivity contribution >= 4 is 21.3 Å². The molecule has 0 aliphatic heterocycles. The van der Waals surface area contributed by atoms with E-state index in [2.05, 4.69) is 10.3 Å². The first-order valence-corrected chi connectivity index (χ1v) is 7.35. The van der Waals surface area contributed by atoms with Crippen molar-refractivity contribution in [3.8, 4) is 0 Å². The summed E-state index contributed by atoms with van der Waals surface area (Å²) in [5, 5.41) is 7.26. The Bertz CT molecular complexity index is 676. The van der Waals surface area contributed by atoms with Crippen LogP contribution in [-0.2, 0) is 16.4 Å². The number of aromatic nitrogens is 3. The average molecular weight is 281 g/mol. The van der Waals surface area contributed by atoms with Gasteiger partial charge in [-0.1, -0.05) is 24.3 Å². The molecule has 0 atom stereocenters. The van der Waals surface area contributed by atoms with E-state index >= 15 is 0 Å². The molecule has 1 heterocycles. The summed E-state index contributed by atoms with van der Waals surface area (Å²) in [6.07, 6.45) is 0. The highest BCUT2D eigenvalue weighted by Crippen LogP contribution is 2.17. The van der Waals surface area contributed by atoms with E-state index in [0.717, 1.165) is 5.56 Å². The third-order valence-electron chi connectivity index (χ3n) is 2.73. The van der Waals surface area contributed by atoms with E-state index < -0.39 is 9.84 Å². The number of benzene rings is 1. The fraction of sp³-hybridized carbons (Fsp3) is 0.273. The molecule has 19 heavy (non-hydrogen) atoms. The molecule has 1 aromatic carbocycles. The van der Waals surface area contributed by atoms with E-state index in [1.54, 1.807) is 12.1 Å². The first-order chi connectivity index (χ1) is 8.94. The predicted molar refractivity (Wildman–Crippen MR) is 72.1 cm³/mol. The van der Waals surface area contributed by atoms with Crippen molar-refractivity contribution in [3.05, 3.63) is 29.8 Å². The molecule has 0 unspecified atom stereocenters. The van der Waals surface area contributed by atoms with E-state index in [9.17, 15) is 8.42 Å². The number of nitrogens with two attached hydrogens (primary N) is 2. The Morgan fingerprint density at radius 2 is 1.84 bits per heavy atom. The van der Waals surface area contributed by atoms with Gasteiger partial charge in [0.05, 0.1) is 12.3 Å². The van der Waals surface area contributed by atoms with Crippen molar-refractivity contribution in [2.75, 3.05) is 17.2 Å². The number of anilines is 2. The van der Waals surface area contributed by atoms with Crippen LogP contribution in [0.5, 0.6) is 0 Å². The third kappa shape index (κ3) is 2.68. The van der Waals surface area contributed by atoms with Gasteiger partial charge in [0.2, 0.25) is 14.9 Å². The Morgan fingerprint density at radius 1 is 1.21 bits per heavy atom. The van der Waals surface area contributed by atoms with Crippen LogP contribution in [-0.4, -0.2) is 29.2 Å². The third-order valence-corrected chi connectivity index (χ3v) is 4.37. The number of hydrogen-bond acceptors (Lipinski definition) is 6. The molecule has 8 heteroatoms. The normalized spacial score (nSPS) is 11.6. The first kappa shape index (κ1) is 13.3. The molecular weight excluding hydrogens is 266 g/mol. The summed E-state index contributed by atoms with van der Waals surface area (Å²) in [6, 6.07) is 7.16. The summed E-state index contributed by atoms with van der Waals surface area (Å²) in [5.41, 5.74) is 12.9. The predicted octanol–water partition coefficient (Wildman–Crippen LogP) is 0.284. The van der Waals surface area contributed by atoms with Crippen molar-refractivity contribution in [2.45, 2.75) is 18.5 Å². The van der Waals surface area contributed by atoms with E-state index in [4.69, 9.17) is 11.5 Å². The summed E-state index contributed by atoms with van der Waals surface area (Å²) >= 11 is 0. The standard InChI is InChI=1S/C11H15N5O2S/c1-2-19(17,18)11-10(13)16(15-14-11)7-8-3-5-9(12)6-4-8/h3-6H,2,7,12-13H2,1H3. The summed E-state index contributed by atoms with van der Waals surface area (Å²) in [7, 11) is -3.45. The van der Waals surface area contributed by atoms with Crippen LogP contribution < -0.4 is 11.5 Å². The molecule has 0 aliphatic carbocycles. The lowest BCUT2D eigenvalue weighted by Gasteiger charge is -2.04. The molecule has 1 aromatic heterocycles. The van der Waals surface area contributed by atoms with E-state index in [-0.39, 0.29) is 16.6 Å². The smallest absolute Gasteiger partial charge is 0.220 e. The largest absolute Gasteiger partial charge is 0.399 e. The second-order valence-electron chi connectivity index (χ2n) is 4.08. The second-order valence-corrected chi connectivity index (χ2v) is 6.28. The molecule has 0 radical (unpaired) electrons. The van der Waals surface area contributed by atoms with E-state index in [0.29, 0.717) is 12.2 Å². The average Bonchev–Trinajstić information content (AvgIpc) is 2.74. The van der Waals surface area contributed by atoms with Crippen LogP contribution >= 0.6 is 0 Å². The lowest BCUT2D eigenvalue weighted by Crippen LogP contribution is -2.10. The monoisotopic (exact) mass is 281 g/mol. The minimum absolute atomic E-state index is 0.0543. The van der Waals surface area contributed by atoms with Gasteiger partial charge in [-0.25, -0.2) is 13.1 Å². The van der Waals surface area contributed by atoms with Gasteiger partial charge in [0.25, 0.3) is 0 Å². The molecule has 0 saturated carbocycles. The first-order valence-electron chi connectivity index (χ1n) is 5.70. The van der Waals surface area contributed by atoms with Gasteiger partial charge in [-0.3, -0.25) is 0 Å². The zero-order valence-corrected chi connectivity index (χ0v) is 11.3. The van der Waals surface area contributed by atoms with Crippen molar-refractivity contribution in [2.24, 2.45) is 0 Å². The molecule has 0 saturated heterocycles. The molecule has 0 amide bonds. The molecule has 4 N–H and O–H groups in total. The molecular formula is C11H15N5O2S. The Labute approximate surface area is 111 Å². The van der Waals surface area contributed by atoms with Crippen molar-refractivity contribution in [1.82, 2.24) is 15.0 Å². The highest BCUT2D eigenvalue weighted by molar-refractivity contribution is 7.91. The zero-order chi connectivity index (χ0) is 14.0. The lowest BCUT2D eigenvalue weighted by atomic mass is 10.2. The molecule has 0 fully saturated rings. The van der Waals surface area contributed by atoms with Crippen molar-refractivity contribution in [1.29, 1.82) is 0 Å². The van der Waals surface area contributed by atoms with Crippen LogP contribution in [0.3, 0.4) is 0 Å². The highest BCUT2D eigenvalue weighted by atomic mass is 32.2. The molecule has 2 aromatic rings. The van der Waals surface area contributed by atoms with Crippen LogP contribution in [0.15, 0.2) is 29.3 Å². The van der Waals surface area contributed by atoms with Gasteiger partial charge in [-0.15, -0.1) is 5.10 Å². The fourth-order valence-corrected chi connectivity index (χ4v) is 2.43. The van der Waals surface area contributed by atoms with Crippen molar-refractivity contribution < 1.29 is 8.42 Å². The van der Waals surface area contributed by atoms with Gasteiger partial charge in [-0.2, -0.15) is 0 Å². The Hall–Kier alpha value is -2.09. The van der Waals surface area contributed by atoms with Gasteiger partial charge in [-0.05, 0) is 17.7 Å². The zero-order valence-electron chi connectivity index (χ0n) is 10.4. The molecule has 0 bridgehead atoms. The van der Waals surface area contributed by atoms with Gasteiger partial charge in [0.1, 0.15) is 0 Å². The SMILES string of the molecule is CCS(=O)(=O)c1nnn(Cc2ccc(N)cc2)c1N. The summed E-state index contributed by atoms with van der Waals surface area (Å²) < 4.78 is 24.8. The number of hydrogen-bond donors (Lipinski definition) is 2. The van der Waals surface area contributed by atoms with Gasteiger partial charge >= 0.3 is 0 Å². The number of nitrogen functional groups attached to an aromatic ring is 2. The van der Waals surface area contributed by atoms with E-state index in [1.165, 1.54) is 11.6 Å². The molecule has 0 spiro atoms. The second kappa shape index (κ2) is 4.88. The minimum Gasteiger partial charge on any atom is -0.399 e. The molecule has 0 aliphatic rings. The number of rotatable bonds is 4. The fourth-order valence-electron chi connectivity index (χ4n) is 1.58. The molecule has 2 rings (SSSR count). The van der Waals surface area contributed by atoms with Gasteiger partial charge < -0.3 is 11.5 Å². The Kier molecular flexibility index (Phi) is 3.43.